The summed E-state index contributed by atoms with van der Waals surface area (Å²) in [5, 5.41) is 10.6. The third-order valence-corrected chi connectivity index (χ3v) is 30.1. The molecule has 0 bridgehead atoms. The summed E-state index contributed by atoms with van der Waals surface area (Å²) in [5.41, 5.74) is 20.6. The average molecular weight is 2010 g/mol. The summed E-state index contributed by atoms with van der Waals surface area (Å²) in [6.45, 7) is 13.1. The number of carbonyl (C=O) groups is 5. The molecule has 0 saturated heterocycles. The number of hydrogen-bond donors (Lipinski definition) is 0. The zero-order chi connectivity index (χ0) is 102. The maximum atomic E-state index is 12.3. The van der Waals surface area contributed by atoms with E-state index in [1.54, 1.807) is 70.2 Å². The SMILES string of the molecule is COCOc1c(Cc2ccccc2)cc(Cc2ccccc2)cc1Pc1ccccc1C(C)=O.COCOc1c(Cc2ccccc2)cccc1Pc1c(C)cccc1C(C)=O.COCOc1c(Cc2ccccc2)cccc1Pc1ccccc1C(C)=O.COCOc1ccc(Cc2ccccc2)cc1Pc1ccc(C)cc1C(C)=O.COCOc1ccc(Cc2ccccc2)cc1Pc1ccccc1C(C)=O. The van der Waals surface area contributed by atoms with Crippen molar-refractivity contribution in [3.63, 3.8) is 0 Å². The molecule has 736 valence electrons. The van der Waals surface area contributed by atoms with Gasteiger partial charge in [-0.1, -0.05) is 388 Å². The summed E-state index contributed by atoms with van der Waals surface area (Å²) < 4.78 is 55.4. The van der Waals surface area contributed by atoms with Crippen LogP contribution in [0.5, 0.6) is 28.7 Å². The van der Waals surface area contributed by atoms with Crippen molar-refractivity contribution in [3.8, 4) is 28.7 Å². The van der Waals surface area contributed by atoms with Gasteiger partial charge in [-0.25, -0.2) is 0 Å². The molecule has 5 unspecified atom stereocenters. The zero-order valence-electron chi connectivity index (χ0n) is 83.7. The zero-order valence-corrected chi connectivity index (χ0v) is 88.7. The van der Waals surface area contributed by atoms with Gasteiger partial charge in [0.25, 0.3) is 0 Å². The number of ketones is 5. The molecule has 0 aromatic heterocycles. The van der Waals surface area contributed by atoms with Crippen LogP contribution in [0, 0.1) is 13.8 Å². The second-order valence-corrected chi connectivity index (χ2v) is 40.8. The van der Waals surface area contributed by atoms with E-state index in [1.807, 2.05) is 171 Å². The largest absolute Gasteiger partial charge is 0.467 e. The van der Waals surface area contributed by atoms with Gasteiger partial charge < -0.3 is 47.4 Å². The monoisotopic (exact) mass is 2010 g/mol. The van der Waals surface area contributed by atoms with Gasteiger partial charge in [0.15, 0.2) is 62.9 Å². The number of carbonyl (C=O) groups excluding carboxylic acids is 5. The lowest BCUT2D eigenvalue weighted by Gasteiger charge is -2.19. The van der Waals surface area contributed by atoms with Crippen LogP contribution in [0.25, 0.3) is 0 Å². The van der Waals surface area contributed by atoms with E-state index in [2.05, 4.69) is 219 Å². The summed E-state index contributed by atoms with van der Waals surface area (Å²) in [6, 6.07) is 127. The molecule has 144 heavy (non-hydrogen) atoms. The van der Waals surface area contributed by atoms with E-state index in [-0.39, 0.29) is 62.9 Å². The highest BCUT2D eigenvalue weighted by atomic mass is 31.1. The minimum Gasteiger partial charge on any atom is -0.467 e. The Kier molecular flexibility index (Phi) is 44.6. The molecule has 0 heterocycles. The molecule has 0 aliphatic carbocycles. The summed E-state index contributed by atoms with van der Waals surface area (Å²) in [4.78, 5) is 60.5. The van der Waals surface area contributed by atoms with Crippen LogP contribution >= 0.6 is 42.9 Å². The molecule has 0 fully saturated rings. The summed E-state index contributed by atoms with van der Waals surface area (Å²) in [6.07, 6.45) is 4.87. The van der Waals surface area contributed by atoms with Crippen LogP contribution in [-0.4, -0.2) is 98.4 Å². The quantitative estimate of drug-likeness (QED) is 0.0200. The Balaban J connectivity index is 0.000000161. The molecule has 0 aliphatic rings. The molecule has 20 heteroatoms. The number of para-hydroxylation sites is 2. The highest BCUT2D eigenvalue weighted by Crippen LogP contribution is 2.35. The number of ether oxygens (including phenoxy) is 10. The van der Waals surface area contributed by atoms with Gasteiger partial charge in [0.1, 0.15) is 28.7 Å². The second-order valence-electron chi connectivity index (χ2n) is 34.2. The number of hydrogen-bond acceptors (Lipinski definition) is 15. The van der Waals surface area contributed by atoms with Crippen molar-refractivity contribution in [2.45, 2.75) is 87.0 Å². The lowest BCUT2D eigenvalue weighted by atomic mass is 9.98. The van der Waals surface area contributed by atoms with E-state index < -0.39 is 0 Å². The molecule has 0 radical (unpaired) electrons. The van der Waals surface area contributed by atoms with Gasteiger partial charge in [-0.05, 0) is 203 Å². The van der Waals surface area contributed by atoms with E-state index in [9.17, 15) is 24.0 Å². The van der Waals surface area contributed by atoms with Crippen molar-refractivity contribution < 1.29 is 71.3 Å². The molecule has 15 nitrogen and oxygen atoms in total. The fourth-order valence-electron chi connectivity index (χ4n) is 16.2. The standard InChI is InChI=1S/C30H29O3P.2C24H25O3P.2C23H23O3P/c1-22(31)27-15-9-10-16-28(27)34-29-20-25(17-23-11-5-3-6-12-23)19-26(30(29)33-21-32-2)18-24-13-7-4-8-14-24;1-17-9-7-13-21(18(2)25)24(17)28-22-14-8-12-20(23(22)27-16-26-3)15-19-10-5-4-6-11-19;1-17-9-12-23(21(13-17)18(2)25)28-24-15-20(10-11-22(24)27-16-26-3)14-19-7-5-4-6-8-19;1-17(24)20-12-6-7-13-21(20)27-22-14-8-11-19(23(22)26-16-25-2)15-18-9-4-3-5-10-18;1-17(24)20-10-6-7-11-22(20)27-23-15-19(12-13-21(23)26-16-25-2)14-18-8-4-3-5-9-18/h3-16,19-20,34H,17-18,21H2,1-2H3;4-14,28H,15-16H2,1-3H3;4-13,15,28H,14,16H2,1-3H3;3-14,27H,15-16H2,1-2H3;3-13,15,27H,14,16H2,1-2H3. The van der Waals surface area contributed by atoms with Crippen molar-refractivity contribution in [2.75, 3.05) is 69.5 Å². The summed E-state index contributed by atoms with van der Waals surface area (Å²) >= 11 is 0. The van der Waals surface area contributed by atoms with Gasteiger partial charge in [-0.15, -0.1) is 0 Å². The summed E-state index contributed by atoms with van der Waals surface area (Å²) in [5.74, 6) is 4.56. The Morgan fingerprint density at radius 1 is 0.208 bits per heavy atom. The topological polar surface area (TPSA) is 178 Å². The average Bonchev–Trinajstić information content (AvgIpc) is 0.818. The van der Waals surface area contributed by atoms with Gasteiger partial charge in [0.2, 0.25) is 0 Å². The third-order valence-electron chi connectivity index (χ3n) is 23.1. The highest BCUT2D eigenvalue weighted by molar-refractivity contribution is 7.57. The van der Waals surface area contributed by atoms with Crippen molar-refractivity contribution in [1.82, 2.24) is 0 Å². The first-order valence-electron chi connectivity index (χ1n) is 47.5. The van der Waals surface area contributed by atoms with E-state index >= 15 is 0 Å². The maximum absolute atomic E-state index is 12.3. The Labute approximate surface area is 857 Å². The maximum Gasteiger partial charge on any atom is 0.188 e. The van der Waals surface area contributed by atoms with E-state index in [4.69, 9.17) is 47.4 Å². The first-order valence-corrected chi connectivity index (χ1v) is 52.5. The van der Waals surface area contributed by atoms with Crippen LogP contribution in [0.1, 0.15) is 164 Å². The number of Topliss-reactive ketones (excluding diaryl/α,β-unsaturated/α-hetero) is 5. The van der Waals surface area contributed by atoms with Crippen molar-refractivity contribution >= 4 is 125 Å². The molecule has 16 aromatic rings. The number of rotatable bonds is 42. The van der Waals surface area contributed by atoms with Crippen LogP contribution in [0.3, 0.4) is 0 Å². The second kappa shape index (κ2) is 58.5. The Morgan fingerprint density at radius 2 is 0.493 bits per heavy atom. The van der Waals surface area contributed by atoms with E-state index in [0.717, 1.165) is 176 Å². The normalized spacial score (nSPS) is 11.1. The van der Waals surface area contributed by atoms with Gasteiger partial charge in [0, 0.05) is 109 Å². The van der Waals surface area contributed by atoms with Crippen LogP contribution in [0.2, 0.25) is 0 Å². The van der Waals surface area contributed by atoms with Crippen LogP contribution in [0.15, 0.2) is 376 Å². The molecule has 0 aliphatic heterocycles. The van der Waals surface area contributed by atoms with Gasteiger partial charge >= 0.3 is 0 Å². The van der Waals surface area contributed by atoms with E-state index in [0.29, 0.717) is 42.9 Å². The first kappa shape index (κ1) is 110. The molecule has 0 spiro atoms. The van der Waals surface area contributed by atoms with Crippen molar-refractivity contribution in [2.24, 2.45) is 0 Å². The Morgan fingerprint density at radius 3 is 0.868 bits per heavy atom. The van der Waals surface area contributed by atoms with Gasteiger partial charge in [0.05, 0.1) is 0 Å². The lowest BCUT2D eigenvalue weighted by molar-refractivity contribution is 0.0511. The van der Waals surface area contributed by atoms with Crippen molar-refractivity contribution in [1.29, 1.82) is 0 Å². The molecule has 0 saturated carbocycles. The fourth-order valence-corrected chi connectivity index (χ4v) is 23.3. The van der Waals surface area contributed by atoms with Gasteiger partial charge in [-0.2, -0.15) is 0 Å². The van der Waals surface area contributed by atoms with Crippen molar-refractivity contribution in [3.05, 3.63) is 482 Å². The minimum atomic E-state index is 0.0763. The number of aryl methyl sites for hydroxylation is 2. The summed E-state index contributed by atoms with van der Waals surface area (Å²) in [7, 11) is 9.71. The van der Waals surface area contributed by atoms with Crippen LogP contribution in [-0.2, 0) is 62.2 Å². The Bertz CT molecular complexity index is 6780. The molecular weight excluding hydrogens is 1880 g/mol. The number of methoxy groups -OCH3 is 5. The molecule has 0 N–H and O–H groups in total. The number of benzene rings is 16. The van der Waals surface area contributed by atoms with Crippen LogP contribution in [0.4, 0.5) is 0 Å². The third kappa shape index (κ3) is 34.0. The lowest BCUT2D eigenvalue weighted by Crippen LogP contribution is -2.18. The molecular formula is C124H125O15P5. The molecule has 5 atom stereocenters. The van der Waals surface area contributed by atoms with E-state index in [1.165, 1.54) is 50.1 Å². The molecule has 16 rings (SSSR count). The predicted octanol–water partition coefficient (Wildman–Crippen LogP) is 22.7. The predicted molar refractivity (Wildman–Crippen MR) is 600 cm³/mol. The first-order chi connectivity index (χ1) is 70.1. The molecule has 0 amide bonds. The Hall–Kier alpha value is -13.2. The molecule has 16 aromatic carbocycles. The minimum absolute atomic E-state index is 0.0763. The van der Waals surface area contributed by atoms with Gasteiger partial charge in [-0.3, -0.25) is 24.0 Å². The fraction of sp³-hybridized carbons (Fsp3) is 0.185. The smallest absolute Gasteiger partial charge is 0.188 e. The van der Waals surface area contributed by atoms with Crippen LogP contribution < -0.4 is 76.7 Å². The highest BCUT2D eigenvalue weighted by Gasteiger charge is 2.23.